The topological polar surface area (TPSA) is 64.4 Å². The van der Waals surface area contributed by atoms with Gasteiger partial charge in [-0.25, -0.2) is 8.42 Å². The van der Waals surface area contributed by atoms with Crippen molar-refractivity contribution >= 4 is 33.0 Å². The van der Waals surface area contributed by atoms with Gasteiger partial charge in [0.05, 0.1) is 16.0 Å². The third kappa shape index (κ3) is 4.43. The lowest BCUT2D eigenvalue weighted by molar-refractivity contribution is 0.182. The number of rotatable bonds is 5. The molecule has 0 spiro atoms. The second-order valence-electron chi connectivity index (χ2n) is 7.09. The molecule has 30 heavy (non-hydrogen) atoms. The van der Waals surface area contributed by atoms with Crippen LogP contribution in [0.15, 0.2) is 64.9 Å². The molecule has 1 fully saturated rings. The van der Waals surface area contributed by atoms with Crippen molar-refractivity contribution in [1.82, 2.24) is 9.21 Å². The molecule has 1 saturated heterocycles. The van der Waals surface area contributed by atoms with E-state index in [0.29, 0.717) is 40.3 Å². The van der Waals surface area contributed by atoms with Gasteiger partial charge >= 0.3 is 0 Å². The summed E-state index contributed by atoms with van der Waals surface area (Å²) in [5.74, 6) is 0. The summed E-state index contributed by atoms with van der Waals surface area (Å²) in [7, 11) is -3.47. The number of sulfonamides is 1. The maximum atomic E-state index is 12.7. The average Bonchev–Trinajstić information content (AvgIpc) is 3.22. The molecule has 8 heteroatoms. The molecule has 1 aromatic heterocycles. The van der Waals surface area contributed by atoms with Crippen LogP contribution in [0.5, 0.6) is 0 Å². The number of halogens is 1. The zero-order valence-electron chi connectivity index (χ0n) is 16.2. The van der Waals surface area contributed by atoms with Crippen LogP contribution in [0.4, 0.5) is 0 Å². The summed E-state index contributed by atoms with van der Waals surface area (Å²) in [5.41, 5.74) is 3.77. The molecule has 0 aliphatic carbocycles. The molecule has 0 bridgehead atoms. The van der Waals surface area contributed by atoms with E-state index < -0.39 is 10.0 Å². The van der Waals surface area contributed by atoms with E-state index >= 15 is 0 Å². The van der Waals surface area contributed by atoms with Crippen molar-refractivity contribution in [3.05, 3.63) is 76.1 Å². The van der Waals surface area contributed by atoms with E-state index in [1.54, 1.807) is 12.1 Å². The summed E-state index contributed by atoms with van der Waals surface area (Å²) in [6.45, 7) is 3.05. The predicted molar refractivity (Wildman–Crippen MR) is 120 cm³/mol. The molecular formula is C22H20ClN3O2S2. The number of nitriles is 1. The van der Waals surface area contributed by atoms with E-state index in [4.69, 9.17) is 11.6 Å². The van der Waals surface area contributed by atoms with Gasteiger partial charge in [-0.15, -0.1) is 11.3 Å². The minimum absolute atomic E-state index is 0.300. The fraction of sp³-hybridized carbons (Fsp3) is 0.227. The fourth-order valence-corrected chi connectivity index (χ4v) is 6.63. The van der Waals surface area contributed by atoms with Gasteiger partial charge in [-0.3, -0.25) is 4.90 Å². The first-order valence-corrected chi connectivity index (χ1v) is 12.2. The minimum atomic E-state index is -3.47. The second-order valence-corrected chi connectivity index (χ2v) is 11.0. The van der Waals surface area contributed by atoms with Crippen LogP contribution in [0, 0.1) is 11.3 Å². The zero-order valence-corrected chi connectivity index (χ0v) is 18.6. The first kappa shape index (κ1) is 21.0. The van der Waals surface area contributed by atoms with Gasteiger partial charge in [0, 0.05) is 32.7 Å². The fourth-order valence-electron chi connectivity index (χ4n) is 3.57. The normalized spacial score (nSPS) is 15.7. The van der Waals surface area contributed by atoms with Crippen LogP contribution in [0.1, 0.15) is 11.1 Å². The van der Waals surface area contributed by atoms with Crippen molar-refractivity contribution in [2.45, 2.75) is 10.8 Å². The summed E-state index contributed by atoms with van der Waals surface area (Å²) in [5, 5.41) is 9.29. The van der Waals surface area contributed by atoms with Crippen LogP contribution in [0.3, 0.4) is 0 Å². The van der Waals surface area contributed by atoms with Crippen LogP contribution >= 0.6 is 22.9 Å². The predicted octanol–water partition coefficient (Wildman–Crippen LogP) is 4.45. The summed E-state index contributed by atoms with van der Waals surface area (Å²) in [6, 6.07) is 21.2. The van der Waals surface area contributed by atoms with E-state index in [1.807, 2.05) is 36.4 Å². The molecule has 4 rings (SSSR count). The van der Waals surface area contributed by atoms with Gasteiger partial charge in [0.2, 0.25) is 0 Å². The third-order valence-electron chi connectivity index (χ3n) is 5.19. The number of piperazine rings is 1. The molecular weight excluding hydrogens is 438 g/mol. The summed E-state index contributed by atoms with van der Waals surface area (Å²) >= 11 is 6.99. The molecule has 0 atom stereocenters. The Morgan fingerprint density at radius 2 is 1.67 bits per heavy atom. The van der Waals surface area contributed by atoms with Gasteiger partial charge in [0.1, 0.15) is 4.21 Å². The Bertz CT molecular complexity index is 1180. The summed E-state index contributed by atoms with van der Waals surface area (Å²) in [4.78, 5) is 2.26. The first-order chi connectivity index (χ1) is 14.5. The number of benzene rings is 2. The number of hydrogen-bond acceptors (Lipinski definition) is 5. The van der Waals surface area contributed by atoms with Crippen molar-refractivity contribution in [2.24, 2.45) is 0 Å². The van der Waals surface area contributed by atoms with Gasteiger partial charge in [0.15, 0.2) is 0 Å². The molecule has 2 heterocycles. The molecule has 5 nitrogen and oxygen atoms in total. The largest absolute Gasteiger partial charge is 0.296 e. The van der Waals surface area contributed by atoms with Gasteiger partial charge in [-0.05, 0) is 34.9 Å². The van der Waals surface area contributed by atoms with Crippen LogP contribution in [-0.2, 0) is 16.6 Å². The molecule has 0 N–H and O–H groups in total. The van der Waals surface area contributed by atoms with Crippen molar-refractivity contribution in [3.63, 3.8) is 0 Å². The summed E-state index contributed by atoms with van der Waals surface area (Å²) < 4.78 is 27.8. The van der Waals surface area contributed by atoms with E-state index in [9.17, 15) is 13.7 Å². The van der Waals surface area contributed by atoms with Gasteiger partial charge in [0.25, 0.3) is 10.0 Å². The standard InChI is InChI=1S/C22H20ClN3O2S2/c23-21-9-10-22(29-21)30(27,28)26-13-11-25(12-14-26)16-17-5-7-18(8-6-17)20-4-2-1-3-19(20)15-24/h1-10H,11-14,16H2. The Morgan fingerprint density at radius 1 is 0.967 bits per heavy atom. The van der Waals surface area contributed by atoms with Crippen molar-refractivity contribution < 1.29 is 8.42 Å². The Labute approximate surface area is 185 Å². The molecule has 0 radical (unpaired) electrons. The van der Waals surface area contributed by atoms with E-state index in [-0.39, 0.29) is 0 Å². The van der Waals surface area contributed by atoms with Gasteiger partial charge in [-0.1, -0.05) is 54.1 Å². The molecule has 1 aliphatic heterocycles. The maximum absolute atomic E-state index is 12.7. The highest BCUT2D eigenvalue weighted by atomic mass is 35.5. The van der Waals surface area contributed by atoms with Crippen molar-refractivity contribution in [2.75, 3.05) is 26.2 Å². The Kier molecular flexibility index (Phi) is 6.23. The van der Waals surface area contributed by atoms with E-state index in [0.717, 1.165) is 34.6 Å². The lowest BCUT2D eigenvalue weighted by Gasteiger charge is -2.33. The quantitative estimate of drug-likeness (QED) is 0.567. The Balaban J connectivity index is 1.38. The van der Waals surface area contributed by atoms with E-state index in [2.05, 4.69) is 23.1 Å². The smallest absolute Gasteiger partial charge is 0.252 e. The Morgan fingerprint density at radius 3 is 2.30 bits per heavy atom. The van der Waals surface area contributed by atoms with Crippen molar-refractivity contribution in [3.8, 4) is 17.2 Å². The molecule has 3 aromatic rings. The third-order valence-corrected chi connectivity index (χ3v) is 8.79. The molecule has 2 aromatic carbocycles. The lowest BCUT2D eigenvalue weighted by Crippen LogP contribution is -2.48. The van der Waals surface area contributed by atoms with Gasteiger partial charge < -0.3 is 0 Å². The van der Waals surface area contributed by atoms with Crippen LogP contribution in [0.25, 0.3) is 11.1 Å². The Hall–Kier alpha value is -2.21. The summed E-state index contributed by atoms with van der Waals surface area (Å²) in [6.07, 6.45) is 0. The molecule has 1 aliphatic rings. The number of hydrogen-bond donors (Lipinski definition) is 0. The van der Waals surface area contributed by atoms with Crippen molar-refractivity contribution in [1.29, 1.82) is 5.26 Å². The highest BCUT2D eigenvalue weighted by Crippen LogP contribution is 2.29. The lowest BCUT2D eigenvalue weighted by atomic mass is 9.99. The van der Waals surface area contributed by atoms with Gasteiger partial charge in [-0.2, -0.15) is 9.57 Å². The molecule has 0 saturated carbocycles. The average molecular weight is 458 g/mol. The first-order valence-electron chi connectivity index (χ1n) is 9.53. The zero-order chi connectivity index (χ0) is 21.1. The van der Waals surface area contributed by atoms with Crippen LogP contribution in [-0.4, -0.2) is 43.8 Å². The molecule has 154 valence electrons. The van der Waals surface area contributed by atoms with E-state index in [1.165, 1.54) is 4.31 Å². The van der Waals surface area contributed by atoms with Crippen LogP contribution in [0.2, 0.25) is 4.34 Å². The number of thiophene rings is 1. The SMILES string of the molecule is N#Cc1ccccc1-c1ccc(CN2CCN(S(=O)(=O)c3ccc(Cl)s3)CC2)cc1. The minimum Gasteiger partial charge on any atom is -0.296 e. The monoisotopic (exact) mass is 457 g/mol. The number of nitrogens with zero attached hydrogens (tertiary/aromatic N) is 3. The molecule has 0 unspecified atom stereocenters. The van der Waals surface area contributed by atoms with Crippen LogP contribution < -0.4 is 0 Å². The molecule has 0 amide bonds. The second kappa shape index (κ2) is 8.88. The highest BCUT2D eigenvalue weighted by Gasteiger charge is 2.29. The highest BCUT2D eigenvalue weighted by molar-refractivity contribution is 7.91. The maximum Gasteiger partial charge on any atom is 0.252 e.